The lowest BCUT2D eigenvalue weighted by molar-refractivity contribution is 0.212. The van der Waals surface area contributed by atoms with Crippen LogP contribution >= 0.6 is 11.6 Å². The molecule has 0 fully saturated rings. The van der Waals surface area contributed by atoms with Crippen molar-refractivity contribution in [2.75, 3.05) is 26.2 Å². The van der Waals surface area contributed by atoms with E-state index in [-0.39, 0.29) is 11.3 Å². The van der Waals surface area contributed by atoms with Crippen LogP contribution in [0.1, 0.15) is 13.8 Å². The van der Waals surface area contributed by atoms with Crippen molar-refractivity contribution in [1.82, 2.24) is 29.6 Å². The Morgan fingerprint density at radius 1 is 1.25 bits per heavy atom. The molecule has 0 amide bonds. The van der Waals surface area contributed by atoms with Gasteiger partial charge in [0.25, 0.3) is 5.95 Å². The fourth-order valence-corrected chi connectivity index (χ4v) is 1.83. The molecule has 2 rings (SSSR count). The SMILES string of the molecule is CCN(CC)CCOc1nc(Cl)nc(-n2cccn2)n1. The maximum absolute atomic E-state index is 5.87. The summed E-state index contributed by atoms with van der Waals surface area (Å²) in [6, 6.07) is 1.99. The number of likely N-dealkylation sites (N-methyl/N-ethyl adjacent to an activating group) is 1. The van der Waals surface area contributed by atoms with Gasteiger partial charge in [0.2, 0.25) is 5.28 Å². The van der Waals surface area contributed by atoms with Crippen LogP contribution in [0, 0.1) is 0 Å². The molecule has 0 unspecified atom stereocenters. The van der Waals surface area contributed by atoms with E-state index in [1.165, 1.54) is 4.68 Å². The van der Waals surface area contributed by atoms with E-state index in [9.17, 15) is 0 Å². The summed E-state index contributed by atoms with van der Waals surface area (Å²) in [6.45, 7) is 7.50. The third-order valence-corrected chi connectivity index (χ3v) is 2.99. The van der Waals surface area contributed by atoms with Gasteiger partial charge in [0.1, 0.15) is 6.61 Å². The summed E-state index contributed by atoms with van der Waals surface area (Å²) in [4.78, 5) is 14.4. The van der Waals surface area contributed by atoms with Crippen molar-refractivity contribution >= 4 is 11.6 Å². The van der Waals surface area contributed by atoms with Crippen LogP contribution in [0.15, 0.2) is 18.5 Å². The fourth-order valence-electron chi connectivity index (χ4n) is 1.68. The van der Waals surface area contributed by atoms with Gasteiger partial charge in [-0.05, 0) is 30.8 Å². The van der Waals surface area contributed by atoms with Crippen LogP contribution in [-0.2, 0) is 0 Å². The molecule has 2 heterocycles. The Bertz CT molecular complexity index is 529. The van der Waals surface area contributed by atoms with Crippen LogP contribution in [0.3, 0.4) is 0 Å². The Balaban J connectivity index is 2.02. The highest BCUT2D eigenvalue weighted by atomic mass is 35.5. The molecule has 0 bridgehead atoms. The highest BCUT2D eigenvalue weighted by Gasteiger charge is 2.08. The number of ether oxygens (including phenoxy) is 1. The summed E-state index contributed by atoms with van der Waals surface area (Å²) in [5, 5.41) is 4.13. The van der Waals surface area contributed by atoms with Crippen molar-refractivity contribution in [3.63, 3.8) is 0 Å². The predicted molar refractivity (Wildman–Crippen MR) is 75.2 cm³/mol. The van der Waals surface area contributed by atoms with Crippen molar-refractivity contribution in [2.24, 2.45) is 0 Å². The van der Waals surface area contributed by atoms with Crippen molar-refractivity contribution in [2.45, 2.75) is 13.8 Å². The van der Waals surface area contributed by atoms with Crippen LogP contribution < -0.4 is 4.74 Å². The van der Waals surface area contributed by atoms with Gasteiger partial charge in [0.05, 0.1) is 0 Å². The molecular formula is C12H17ClN6O. The normalized spacial score (nSPS) is 11.0. The van der Waals surface area contributed by atoms with Gasteiger partial charge in [-0.15, -0.1) is 0 Å². The van der Waals surface area contributed by atoms with Crippen LogP contribution in [0.2, 0.25) is 5.28 Å². The lowest BCUT2D eigenvalue weighted by atomic mass is 10.5. The highest BCUT2D eigenvalue weighted by Crippen LogP contribution is 2.10. The smallest absolute Gasteiger partial charge is 0.322 e. The molecule has 108 valence electrons. The first-order valence-electron chi connectivity index (χ1n) is 6.49. The first kappa shape index (κ1) is 14.7. The van der Waals surface area contributed by atoms with Gasteiger partial charge in [0, 0.05) is 18.9 Å². The third kappa shape index (κ3) is 3.88. The molecule has 7 nitrogen and oxygen atoms in total. The number of hydrogen-bond donors (Lipinski definition) is 0. The van der Waals surface area contributed by atoms with Crippen LogP contribution in [0.4, 0.5) is 0 Å². The zero-order chi connectivity index (χ0) is 14.4. The number of aromatic nitrogens is 5. The van der Waals surface area contributed by atoms with Gasteiger partial charge in [-0.25, -0.2) is 4.68 Å². The van der Waals surface area contributed by atoms with E-state index in [1.54, 1.807) is 18.5 Å². The van der Waals surface area contributed by atoms with Crippen molar-refractivity contribution < 1.29 is 4.74 Å². The minimum Gasteiger partial charge on any atom is -0.462 e. The maximum atomic E-state index is 5.87. The quantitative estimate of drug-likeness (QED) is 0.770. The topological polar surface area (TPSA) is 69.0 Å². The second kappa shape index (κ2) is 7.16. The zero-order valence-corrected chi connectivity index (χ0v) is 12.3. The zero-order valence-electron chi connectivity index (χ0n) is 11.5. The Morgan fingerprint density at radius 2 is 2.05 bits per heavy atom. The third-order valence-electron chi connectivity index (χ3n) is 2.82. The molecule has 0 radical (unpaired) electrons. The molecule has 0 saturated heterocycles. The molecule has 0 atom stereocenters. The maximum Gasteiger partial charge on any atom is 0.322 e. The number of halogens is 1. The summed E-state index contributed by atoms with van der Waals surface area (Å²) < 4.78 is 7.04. The Labute approximate surface area is 122 Å². The first-order chi connectivity index (χ1) is 9.72. The van der Waals surface area contributed by atoms with Crippen LogP contribution in [0.5, 0.6) is 6.01 Å². The molecule has 0 aromatic carbocycles. The van der Waals surface area contributed by atoms with Gasteiger partial charge < -0.3 is 9.64 Å². The van der Waals surface area contributed by atoms with E-state index in [0.717, 1.165) is 19.6 Å². The lowest BCUT2D eigenvalue weighted by Crippen LogP contribution is -2.28. The largest absolute Gasteiger partial charge is 0.462 e. The van der Waals surface area contributed by atoms with Gasteiger partial charge in [0.15, 0.2) is 0 Å². The van der Waals surface area contributed by atoms with Crippen molar-refractivity contribution in [3.05, 3.63) is 23.7 Å². The molecule has 0 saturated carbocycles. The van der Waals surface area contributed by atoms with Crippen molar-refractivity contribution in [1.29, 1.82) is 0 Å². The molecule has 8 heteroatoms. The molecule has 0 aliphatic carbocycles. The Kier molecular flexibility index (Phi) is 5.25. The molecule has 0 spiro atoms. The lowest BCUT2D eigenvalue weighted by Gasteiger charge is -2.17. The summed E-state index contributed by atoms with van der Waals surface area (Å²) in [5.74, 6) is 0.341. The van der Waals surface area contributed by atoms with Crippen LogP contribution in [-0.4, -0.2) is 55.9 Å². The summed E-state index contributed by atoms with van der Waals surface area (Å²) in [5.41, 5.74) is 0. The Morgan fingerprint density at radius 3 is 2.70 bits per heavy atom. The van der Waals surface area contributed by atoms with E-state index in [1.807, 2.05) is 0 Å². The standard InChI is InChI=1S/C12H17ClN6O/c1-3-18(4-2)8-9-20-12-16-10(13)15-11(17-12)19-7-5-6-14-19/h5-7H,3-4,8-9H2,1-2H3. The minimum atomic E-state index is 0.0864. The van der Waals surface area contributed by atoms with Crippen molar-refractivity contribution in [3.8, 4) is 12.0 Å². The summed E-state index contributed by atoms with van der Waals surface area (Å²) >= 11 is 5.87. The molecule has 0 N–H and O–H groups in total. The monoisotopic (exact) mass is 296 g/mol. The van der Waals surface area contributed by atoms with Gasteiger partial charge in [-0.2, -0.15) is 20.1 Å². The Hall–Kier alpha value is -1.73. The van der Waals surface area contributed by atoms with E-state index in [0.29, 0.717) is 12.6 Å². The second-order valence-electron chi connectivity index (χ2n) is 4.01. The van der Waals surface area contributed by atoms with E-state index >= 15 is 0 Å². The van der Waals surface area contributed by atoms with E-state index in [4.69, 9.17) is 16.3 Å². The van der Waals surface area contributed by atoms with Gasteiger partial charge in [-0.3, -0.25) is 0 Å². The summed E-state index contributed by atoms with van der Waals surface area (Å²) in [7, 11) is 0. The highest BCUT2D eigenvalue weighted by molar-refractivity contribution is 6.28. The van der Waals surface area contributed by atoms with E-state index < -0.39 is 0 Å². The minimum absolute atomic E-state index is 0.0864. The van der Waals surface area contributed by atoms with Crippen LogP contribution in [0.25, 0.3) is 5.95 Å². The van der Waals surface area contributed by atoms with Gasteiger partial charge >= 0.3 is 6.01 Å². The molecule has 2 aromatic heterocycles. The van der Waals surface area contributed by atoms with E-state index in [2.05, 4.69) is 38.8 Å². The molecular weight excluding hydrogens is 280 g/mol. The average molecular weight is 297 g/mol. The average Bonchev–Trinajstić information content (AvgIpc) is 2.97. The number of rotatable bonds is 7. The fraction of sp³-hybridized carbons (Fsp3) is 0.500. The first-order valence-corrected chi connectivity index (χ1v) is 6.87. The molecule has 0 aliphatic rings. The second-order valence-corrected chi connectivity index (χ2v) is 4.35. The number of nitrogens with zero attached hydrogens (tertiary/aromatic N) is 6. The predicted octanol–water partition coefficient (Wildman–Crippen LogP) is 1.43. The molecule has 20 heavy (non-hydrogen) atoms. The van der Waals surface area contributed by atoms with Gasteiger partial charge in [-0.1, -0.05) is 13.8 Å². The number of hydrogen-bond acceptors (Lipinski definition) is 6. The molecule has 2 aromatic rings. The molecule has 0 aliphatic heterocycles. The summed E-state index contributed by atoms with van der Waals surface area (Å²) in [6.07, 6.45) is 3.37.